The van der Waals surface area contributed by atoms with E-state index in [0.29, 0.717) is 18.8 Å². The highest BCUT2D eigenvalue weighted by atomic mass is 35.7. The van der Waals surface area contributed by atoms with Gasteiger partial charge in [0, 0.05) is 13.1 Å². The van der Waals surface area contributed by atoms with Crippen LogP contribution in [0.3, 0.4) is 0 Å². The van der Waals surface area contributed by atoms with Crippen molar-refractivity contribution in [3.05, 3.63) is 138 Å². The first-order chi connectivity index (χ1) is 28.2. The van der Waals surface area contributed by atoms with Gasteiger partial charge in [-0.15, -0.1) is 0 Å². The van der Waals surface area contributed by atoms with Crippen LogP contribution in [0.4, 0.5) is 0 Å². The summed E-state index contributed by atoms with van der Waals surface area (Å²) >= 11 is 6.39. The molecule has 3 aliphatic rings. The number of carbonyl (C=O) groups is 1. The zero-order valence-corrected chi connectivity index (χ0v) is 33.7. The van der Waals surface area contributed by atoms with Crippen LogP contribution in [0.25, 0.3) is 0 Å². The number of guanidine groups is 1. The Balaban J connectivity index is 1.26. The van der Waals surface area contributed by atoms with Gasteiger partial charge in [-0.2, -0.15) is 10.3 Å². The minimum atomic E-state index is -3.66. The number of nitrogens with zero attached hydrogens (tertiary/aromatic N) is 7. The van der Waals surface area contributed by atoms with Gasteiger partial charge in [0.05, 0.1) is 37.1 Å². The molecule has 0 radical (unpaired) electrons. The van der Waals surface area contributed by atoms with Gasteiger partial charge in [0.15, 0.2) is 18.8 Å². The Morgan fingerprint density at radius 3 is 2.09 bits per heavy atom. The number of para-hydroxylation sites is 1. The van der Waals surface area contributed by atoms with E-state index in [4.69, 9.17) is 40.0 Å². The molecule has 14 nitrogen and oxygen atoms in total. The number of benzene rings is 4. The quantitative estimate of drug-likeness (QED) is 0.0930. The number of rotatable bonds is 14. The third-order valence-electron chi connectivity index (χ3n) is 9.93. The second-order valence-electron chi connectivity index (χ2n) is 13.9. The number of amides is 1. The summed E-state index contributed by atoms with van der Waals surface area (Å²) in [7, 11) is 3.19. The molecule has 3 unspecified atom stereocenters. The lowest BCUT2D eigenvalue weighted by molar-refractivity contribution is -0.160. The molecule has 7 rings (SSSR count). The van der Waals surface area contributed by atoms with Gasteiger partial charge in [-0.3, -0.25) is 24.6 Å². The van der Waals surface area contributed by atoms with Crippen LogP contribution in [0.1, 0.15) is 23.1 Å². The van der Waals surface area contributed by atoms with Crippen molar-refractivity contribution in [1.82, 2.24) is 19.8 Å². The van der Waals surface area contributed by atoms with E-state index in [9.17, 15) is 14.6 Å². The summed E-state index contributed by atoms with van der Waals surface area (Å²) in [6.45, 7) is -3.28. The fourth-order valence-electron chi connectivity index (χ4n) is 7.28. The smallest absolute Gasteiger partial charge is 0.362 e. The summed E-state index contributed by atoms with van der Waals surface area (Å²) in [5.41, 5.74) is 2.23. The maximum absolute atomic E-state index is 13.3. The molecule has 1 amide bonds. The number of hydrogen-bond donors (Lipinski definition) is 1. The van der Waals surface area contributed by atoms with Crippen LogP contribution in [-0.2, 0) is 28.9 Å². The topological polar surface area (TPSA) is 154 Å². The SMILES string of the molecule is CN(C)P(=O)(Cl)OC[C@@H]1CN(C(c2ccccc2)(c2ccccc2)c2ccccc2)C[C@H](N2C=NC3C(OCCC#N)=NC(NC(=O)COc4ccccc4)=NC32)O1. The van der Waals surface area contributed by atoms with E-state index in [2.05, 4.69) is 57.7 Å². The fourth-order valence-corrected chi connectivity index (χ4v) is 8.03. The Morgan fingerprint density at radius 1 is 0.931 bits per heavy atom. The number of ether oxygens (including phenoxy) is 3. The molecule has 300 valence electrons. The lowest BCUT2D eigenvalue weighted by atomic mass is 9.75. The summed E-state index contributed by atoms with van der Waals surface area (Å²) in [5.74, 6) is 0.254. The summed E-state index contributed by atoms with van der Waals surface area (Å²) in [6, 6.07) is 41.2. The molecule has 0 aliphatic carbocycles. The van der Waals surface area contributed by atoms with Gasteiger partial charge in [-0.25, -0.2) is 9.66 Å². The van der Waals surface area contributed by atoms with E-state index in [1.807, 2.05) is 77.7 Å². The van der Waals surface area contributed by atoms with Crippen LogP contribution in [0.5, 0.6) is 5.75 Å². The zero-order valence-electron chi connectivity index (χ0n) is 32.1. The van der Waals surface area contributed by atoms with Gasteiger partial charge in [-0.1, -0.05) is 109 Å². The van der Waals surface area contributed by atoms with Gasteiger partial charge in [0.2, 0.25) is 11.9 Å². The Hall–Kier alpha value is -5.39. The number of nitriles is 1. The molecule has 4 aromatic carbocycles. The molecule has 4 aromatic rings. The summed E-state index contributed by atoms with van der Waals surface area (Å²) in [4.78, 5) is 31.5. The van der Waals surface area contributed by atoms with Gasteiger partial charge in [0.25, 0.3) is 5.91 Å². The standard InChI is InChI=1S/C42H44ClN8O6P/c1-49(2)58(43,53)56-28-35-26-50(42(31-16-7-3-8-17-31,32-18-9-4-10-19-32)33-20-11-5-12-21-33)27-37(57-35)51-30-45-38-39(51)47-41(48-40(38)54-25-15-24-44)46-36(52)29-55-34-22-13-6-14-23-34/h3-14,16-23,30,35,37-39H,15,25-29H2,1-2H3,(H,46,47,52)/t35-,37+,38?,39?,58?/m0/s1. The molecule has 0 spiro atoms. The highest BCUT2D eigenvalue weighted by Crippen LogP contribution is 2.54. The van der Waals surface area contributed by atoms with E-state index in [-0.39, 0.29) is 38.1 Å². The van der Waals surface area contributed by atoms with E-state index in [0.717, 1.165) is 16.7 Å². The van der Waals surface area contributed by atoms with Crippen LogP contribution in [0, 0.1) is 11.3 Å². The molecule has 5 atom stereocenters. The first-order valence-electron chi connectivity index (χ1n) is 18.8. The van der Waals surface area contributed by atoms with E-state index < -0.39 is 42.9 Å². The average molecular weight is 823 g/mol. The molecule has 3 heterocycles. The van der Waals surface area contributed by atoms with Crippen molar-refractivity contribution in [2.24, 2.45) is 15.0 Å². The van der Waals surface area contributed by atoms with E-state index >= 15 is 0 Å². The summed E-state index contributed by atoms with van der Waals surface area (Å²) in [6.07, 6.45) is -0.346. The highest BCUT2D eigenvalue weighted by Gasteiger charge is 2.50. The van der Waals surface area contributed by atoms with Crippen LogP contribution in [0.2, 0.25) is 0 Å². The van der Waals surface area contributed by atoms with E-state index in [1.54, 1.807) is 32.6 Å². The molecule has 1 fully saturated rings. The van der Waals surface area contributed by atoms with Gasteiger partial charge in [0.1, 0.15) is 18.6 Å². The molecule has 3 aliphatic heterocycles. The Labute approximate surface area is 342 Å². The van der Waals surface area contributed by atoms with Crippen molar-refractivity contribution in [1.29, 1.82) is 5.26 Å². The number of halogens is 1. The number of morpholine rings is 1. The molecule has 1 saturated heterocycles. The molecule has 58 heavy (non-hydrogen) atoms. The molecular weight excluding hydrogens is 779 g/mol. The lowest BCUT2D eigenvalue weighted by Gasteiger charge is -2.52. The second-order valence-corrected chi connectivity index (χ2v) is 17.1. The van der Waals surface area contributed by atoms with Crippen molar-refractivity contribution in [2.75, 3.05) is 47.0 Å². The van der Waals surface area contributed by atoms with Crippen molar-refractivity contribution < 1.29 is 28.1 Å². The highest BCUT2D eigenvalue weighted by molar-refractivity contribution is 7.83. The molecule has 0 saturated carbocycles. The Kier molecular flexibility index (Phi) is 13.0. The van der Waals surface area contributed by atoms with Crippen molar-refractivity contribution in [2.45, 2.75) is 36.5 Å². The van der Waals surface area contributed by atoms with Crippen molar-refractivity contribution in [3.8, 4) is 11.8 Å². The van der Waals surface area contributed by atoms with Gasteiger partial charge < -0.3 is 23.6 Å². The Morgan fingerprint density at radius 2 is 1.52 bits per heavy atom. The van der Waals surface area contributed by atoms with Gasteiger partial charge >= 0.3 is 6.87 Å². The van der Waals surface area contributed by atoms with Gasteiger partial charge in [-0.05, 0) is 54.2 Å². The molecule has 0 bridgehead atoms. The predicted molar refractivity (Wildman–Crippen MR) is 222 cm³/mol. The minimum Gasteiger partial charge on any atom is -0.484 e. The second kappa shape index (κ2) is 18.5. The van der Waals surface area contributed by atoms with Crippen LogP contribution in [-0.4, -0.2) is 110 Å². The average Bonchev–Trinajstić information content (AvgIpc) is 3.68. The maximum atomic E-state index is 13.3. The number of fused-ring (bicyclic) bond motifs is 1. The number of aliphatic imine (C=N–C) groups is 3. The van der Waals surface area contributed by atoms with Crippen molar-refractivity contribution in [3.63, 3.8) is 0 Å². The molecule has 1 N–H and O–H groups in total. The van der Waals surface area contributed by atoms with Crippen molar-refractivity contribution >= 4 is 42.2 Å². The number of nitrogens with one attached hydrogen (secondary N) is 1. The third-order valence-corrected chi connectivity index (χ3v) is 12.6. The number of carbonyl (C=O) groups excluding carboxylic acids is 1. The Bertz CT molecular complexity index is 2100. The monoisotopic (exact) mass is 822 g/mol. The first-order valence-corrected chi connectivity index (χ1v) is 21.3. The maximum Gasteiger partial charge on any atom is 0.362 e. The van der Waals surface area contributed by atoms with Crippen LogP contribution >= 0.6 is 18.1 Å². The molecular formula is C42H44ClN8O6P. The summed E-state index contributed by atoms with van der Waals surface area (Å²) < 4.78 is 39.0. The third kappa shape index (κ3) is 9.01. The lowest BCUT2D eigenvalue weighted by Crippen LogP contribution is -2.63. The van der Waals surface area contributed by atoms with E-state index in [1.165, 1.54) is 4.67 Å². The first kappa shape index (κ1) is 40.8. The molecule has 16 heteroatoms. The fraction of sp³-hybridized carbons (Fsp3) is 0.310. The zero-order chi connectivity index (χ0) is 40.5. The normalized spacial score (nSPS) is 21.6. The largest absolute Gasteiger partial charge is 0.484 e. The summed E-state index contributed by atoms with van der Waals surface area (Å²) in [5, 5.41) is 12.0. The minimum absolute atomic E-state index is 0.000756. The predicted octanol–water partition coefficient (Wildman–Crippen LogP) is 5.86. The van der Waals surface area contributed by atoms with Crippen LogP contribution < -0.4 is 10.1 Å². The molecule has 0 aromatic heterocycles. The number of hydrogen-bond acceptors (Lipinski definition) is 12. The van der Waals surface area contributed by atoms with Crippen LogP contribution in [0.15, 0.2) is 136 Å².